The van der Waals surface area contributed by atoms with Crippen molar-refractivity contribution >= 4 is 11.7 Å². The second kappa shape index (κ2) is 6.88. The van der Waals surface area contributed by atoms with Gasteiger partial charge in [0.05, 0.1) is 23.2 Å². The molecule has 1 spiro atoms. The highest BCUT2D eigenvalue weighted by Gasteiger charge is 2.50. The molecule has 1 N–H and O–H groups in total. The molecule has 0 unspecified atom stereocenters. The Kier molecular flexibility index (Phi) is 4.58. The molecule has 2 saturated heterocycles. The Morgan fingerprint density at radius 1 is 1.23 bits per heavy atom. The van der Waals surface area contributed by atoms with E-state index in [0.29, 0.717) is 24.1 Å². The van der Waals surface area contributed by atoms with Gasteiger partial charge in [-0.05, 0) is 57.1 Å². The fourth-order valence-electron chi connectivity index (χ4n) is 4.93. The van der Waals surface area contributed by atoms with Crippen LogP contribution in [0.15, 0.2) is 18.3 Å². The van der Waals surface area contributed by atoms with E-state index in [1.165, 1.54) is 0 Å². The lowest BCUT2D eigenvalue weighted by molar-refractivity contribution is -0.139. The molecule has 3 fully saturated rings. The highest BCUT2D eigenvalue weighted by molar-refractivity contribution is 5.86. The van der Waals surface area contributed by atoms with Gasteiger partial charge in [0.15, 0.2) is 0 Å². The second-order valence-corrected chi connectivity index (χ2v) is 8.03. The van der Waals surface area contributed by atoms with Crippen molar-refractivity contribution in [2.24, 2.45) is 5.41 Å². The number of amides is 1. The molecule has 1 saturated carbocycles. The van der Waals surface area contributed by atoms with Crippen LogP contribution in [0.2, 0.25) is 0 Å². The third-order valence-corrected chi connectivity index (χ3v) is 6.43. The summed E-state index contributed by atoms with van der Waals surface area (Å²) in [6.45, 7) is 2.41. The summed E-state index contributed by atoms with van der Waals surface area (Å²) in [5.74, 6) is 1.09. The first-order valence-electron chi connectivity index (χ1n) is 9.71. The molecule has 1 amide bonds. The molecule has 1 aromatic heterocycles. The van der Waals surface area contributed by atoms with Crippen molar-refractivity contribution in [3.8, 4) is 6.07 Å². The van der Waals surface area contributed by atoms with Crippen LogP contribution in [-0.2, 0) is 4.79 Å². The quantitative estimate of drug-likeness (QED) is 0.879. The summed E-state index contributed by atoms with van der Waals surface area (Å²) in [4.78, 5) is 22.0. The minimum atomic E-state index is -0.307. The standard InChI is InChI=1S/C20H26N4O2/c21-13-15-6-9-22-18(12-15)23-10-1-7-20(14-23)8-11-24(19(20)26)16-2-4-17(25)5-3-16/h6,9,12,16-17,25H,1-5,7-8,10-11,14H2/t16?,17?,20-/m0/s1. The van der Waals surface area contributed by atoms with Gasteiger partial charge in [-0.15, -0.1) is 0 Å². The lowest BCUT2D eigenvalue weighted by Gasteiger charge is -2.41. The Morgan fingerprint density at radius 2 is 2.04 bits per heavy atom. The van der Waals surface area contributed by atoms with Crippen LogP contribution in [0.5, 0.6) is 0 Å². The van der Waals surface area contributed by atoms with Crippen LogP contribution in [0, 0.1) is 16.7 Å². The summed E-state index contributed by atoms with van der Waals surface area (Å²) in [5, 5.41) is 18.9. The average Bonchev–Trinajstić information content (AvgIpc) is 2.98. The molecule has 0 radical (unpaired) electrons. The summed E-state index contributed by atoms with van der Waals surface area (Å²) in [5.41, 5.74) is 0.299. The molecule has 0 bridgehead atoms. The number of carbonyl (C=O) groups excluding carboxylic acids is 1. The Balaban J connectivity index is 1.50. The van der Waals surface area contributed by atoms with Crippen LogP contribution in [0.3, 0.4) is 0 Å². The van der Waals surface area contributed by atoms with Crippen molar-refractivity contribution in [3.63, 3.8) is 0 Å². The zero-order valence-corrected chi connectivity index (χ0v) is 15.1. The molecule has 3 heterocycles. The number of anilines is 1. The summed E-state index contributed by atoms with van der Waals surface area (Å²) in [6, 6.07) is 5.99. The van der Waals surface area contributed by atoms with Gasteiger partial charge in [0, 0.05) is 31.9 Å². The number of likely N-dealkylation sites (tertiary alicyclic amines) is 1. The number of aliphatic hydroxyl groups is 1. The Hall–Kier alpha value is -2.13. The van der Waals surface area contributed by atoms with Crippen molar-refractivity contribution in [1.29, 1.82) is 5.26 Å². The minimum absolute atomic E-state index is 0.193. The molecule has 4 rings (SSSR count). The molecule has 1 aromatic rings. The van der Waals surface area contributed by atoms with Crippen LogP contribution in [0.1, 0.15) is 50.5 Å². The van der Waals surface area contributed by atoms with Crippen LogP contribution >= 0.6 is 0 Å². The van der Waals surface area contributed by atoms with Crippen molar-refractivity contribution in [3.05, 3.63) is 23.9 Å². The SMILES string of the molecule is N#Cc1ccnc(N2CCC[C@]3(CCN(C4CCC(O)CC4)C3=O)C2)c1. The van der Waals surface area contributed by atoms with Gasteiger partial charge in [-0.2, -0.15) is 5.26 Å². The summed E-state index contributed by atoms with van der Waals surface area (Å²) >= 11 is 0. The van der Waals surface area contributed by atoms with Crippen LogP contribution in [0.4, 0.5) is 5.82 Å². The number of hydrogen-bond donors (Lipinski definition) is 1. The molecular weight excluding hydrogens is 328 g/mol. The summed E-state index contributed by atoms with van der Waals surface area (Å²) < 4.78 is 0. The van der Waals surface area contributed by atoms with Crippen LogP contribution < -0.4 is 4.90 Å². The van der Waals surface area contributed by atoms with E-state index >= 15 is 0 Å². The first-order chi connectivity index (χ1) is 12.6. The van der Waals surface area contributed by atoms with E-state index < -0.39 is 0 Å². The minimum Gasteiger partial charge on any atom is -0.393 e. The van der Waals surface area contributed by atoms with E-state index in [4.69, 9.17) is 5.26 Å². The molecule has 3 aliphatic rings. The van der Waals surface area contributed by atoms with Crippen molar-refractivity contribution in [1.82, 2.24) is 9.88 Å². The zero-order valence-electron chi connectivity index (χ0n) is 15.1. The van der Waals surface area contributed by atoms with Gasteiger partial charge in [0.1, 0.15) is 5.82 Å². The molecular formula is C20H26N4O2. The fraction of sp³-hybridized carbons (Fsp3) is 0.650. The molecule has 138 valence electrons. The van der Waals surface area contributed by atoms with Gasteiger partial charge in [0.2, 0.25) is 5.91 Å². The number of rotatable bonds is 2. The molecule has 1 atom stereocenters. The Morgan fingerprint density at radius 3 is 2.81 bits per heavy atom. The highest BCUT2D eigenvalue weighted by Crippen LogP contribution is 2.43. The molecule has 0 aromatic carbocycles. The molecule has 2 aliphatic heterocycles. The van der Waals surface area contributed by atoms with E-state index in [-0.39, 0.29) is 11.5 Å². The Labute approximate surface area is 154 Å². The van der Waals surface area contributed by atoms with Crippen LogP contribution in [-0.4, -0.2) is 52.7 Å². The number of aromatic nitrogens is 1. The topological polar surface area (TPSA) is 80.5 Å². The predicted octanol–water partition coefficient (Wildman–Crippen LogP) is 2.08. The predicted molar refractivity (Wildman–Crippen MR) is 97.4 cm³/mol. The lowest BCUT2D eigenvalue weighted by atomic mass is 9.78. The van der Waals surface area contributed by atoms with E-state index in [9.17, 15) is 9.90 Å². The third-order valence-electron chi connectivity index (χ3n) is 6.43. The third kappa shape index (κ3) is 3.05. The van der Waals surface area contributed by atoms with Crippen molar-refractivity contribution in [2.45, 2.75) is 57.1 Å². The second-order valence-electron chi connectivity index (χ2n) is 8.03. The maximum absolute atomic E-state index is 13.3. The average molecular weight is 354 g/mol. The lowest BCUT2D eigenvalue weighted by Crippen LogP contribution is -2.50. The van der Waals surface area contributed by atoms with E-state index in [1.54, 1.807) is 12.3 Å². The number of pyridine rings is 1. The van der Waals surface area contributed by atoms with E-state index in [0.717, 1.165) is 63.9 Å². The highest BCUT2D eigenvalue weighted by atomic mass is 16.3. The first kappa shape index (κ1) is 17.3. The monoisotopic (exact) mass is 354 g/mol. The van der Waals surface area contributed by atoms with Crippen molar-refractivity contribution < 1.29 is 9.90 Å². The van der Waals surface area contributed by atoms with Gasteiger partial charge in [-0.3, -0.25) is 4.79 Å². The number of nitrogens with zero attached hydrogens (tertiary/aromatic N) is 4. The normalized spacial score (nSPS) is 32.1. The number of piperidine rings is 1. The van der Waals surface area contributed by atoms with E-state index in [2.05, 4.69) is 20.9 Å². The van der Waals surface area contributed by atoms with Gasteiger partial charge < -0.3 is 14.9 Å². The molecule has 1 aliphatic carbocycles. The number of carbonyl (C=O) groups is 1. The Bertz CT molecular complexity index is 723. The summed E-state index contributed by atoms with van der Waals surface area (Å²) in [7, 11) is 0. The number of aliphatic hydroxyl groups excluding tert-OH is 1. The van der Waals surface area contributed by atoms with Crippen molar-refractivity contribution in [2.75, 3.05) is 24.5 Å². The van der Waals surface area contributed by atoms with Gasteiger partial charge in [-0.25, -0.2) is 4.98 Å². The maximum atomic E-state index is 13.3. The van der Waals surface area contributed by atoms with Gasteiger partial charge in [0.25, 0.3) is 0 Å². The van der Waals surface area contributed by atoms with Gasteiger partial charge >= 0.3 is 0 Å². The number of nitriles is 1. The molecule has 6 heteroatoms. The first-order valence-corrected chi connectivity index (χ1v) is 9.71. The largest absolute Gasteiger partial charge is 0.393 e. The molecule has 6 nitrogen and oxygen atoms in total. The number of hydrogen-bond acceptors (Lipinski definition) is 5. The summed E-state index contributed by atoms with van der Waals surface area (Å²) in [6.07, 6.45) is 7.73. The molecule has 26 heavy (non-hydrogen) atoms. The smallest absolute Gasteiger partial charge is 0.230 e. The van der Waals surface area contributed by atoms with Gasteiger partial charge in [-0.1, -0.05) is 0 Å². The van der Waals surface area contributed by atoms with Crippen LogP contribution in [0.25, 0.3) is 0 Å². The van der Waals surface area contributed by atoms with E-state index in [1.807, 2.05) is 6.07 Å². The maximum Gasteiger partial charge on any atom is 0.230 e. The fourth-order valence-corrected chi connectivity index (χ4v) is 4.93. The zero-order chi connectivity index (χ0) is 18.1.